The molecule has 0 N–H and O–H groups in total. The van der Waals surface area contributed by atoms with Crippen LogP contribution in [0.4, 0.5) is 0 Å². The van der Waals surface area contributed by atoms with Gasteiger partial charge >= 0.3 is 5.97 Å². The number of ether oxygens (including phenoxy) is 2. The number of hydrogen-bond donors (Lipinski definition) is 0. The number of carbonyl (C=O) groups is 1. The summed E-state index contributed by atoms with van der Waals surface area (Å²) >= 11 is 0. The van der Waals surface area contributed by atoms with Crippen molar-refractivity contribution in [3.05, 3.63) is 29.8 Å². The molecule has 1 atom stereocenters. The first-order valence-electron chi connectivity index (χ1n) is 9.28. The van der Waals surface area contributed by atoms with Gasteiger partial charge in [0.25, 0.3) is 5.79 Å². The van der Waals surface area contributed by atoms with Crippen molar-refractivity contribution < 1.29 is 24.0 Å². The Bertz CT molecular complexity index is 665. The Morgan fingerprint density at radius 2 is 1.60 bits per heavy atom. The molecule has 1 heterocycles. The molecule has 4 bridgehead atoms. The molecule has 5 aliphatic rings. The van der Waals surface area contributed by atoms with Crippen LogP contribution < -0.4 is 4.74 Å². The minimum atomic E-state index is -0.857. The van der Waals surface area contributed by atoms with Gasteiger partial charge in [-0.3, -0.25) is 4.79 Å². The highest BCUT2D eigenvalue weighted by Crippen LogP contribution is 2.69. The maximum atomic E-state index is 11.1. The predicted molar refractivity (Wildman–Crippen MR) is 88.4 cm³/mol. The zero-order valence-corrected chi connectivity index (χ0v) is 14.7. The van der Waals surface area contributed by atoms with E-state index in [1.165, 1.54) is 39.0 Å². The maximum absolute atomic E-state index is 11.1. The van der Waals surface area contributed by atoms with E-state index in [1.807, 2.05) is 12.1 Å². The summed E-state index contributed by atoms with van der Waals surface area (Å²) in [4.78, 5) is 22.8. The fraction of sp³-hybridized carbons (Fsp3) is 0.650. The molecular formula is C20H24O5. The minimum Gasteiger partial charge on any atom is -0.427 e. The standard InChI is InChI=1S/C20H24O5/c1-12(21)23-18-5-3-15(4-6-18)20(22-2)19(24-25-20)16-8-13-7-14(10-16)11-17(19)9-13/h3-6,13-14,16-17H,7-11H2,1-2H3. The van der Waals surface area contributed by atoms with Gasteiger partial charge in [0.15, 0.2) is 5.60 Å². The van der Waals surface area contributed by atoms with Gasteiger partial charge in [0.2, 0.25) is 0 Å². The number of hydrogen-bond acceptors (Lipinski definition) is 5. The Morgan fingerprint density at radius 1 is 1.00 bits per heavy atom. The molecule has 1 aromatic carbocycles. The van der Waals surface area contributed by atoms with Gasteiger partial charge in [-0.15, -0.1) is 0 Å². The quantitative estimate of drug-likeness (QED) is 0.477. The lowest BCUT2D eigenvalue weighted by molar-refractivity contribution is -0.645. The van der Waals surface area contributed by atoms with E-state index in [1.54, 1.807) is 19.2 Å². The molecule has 25 heavy (non-hydrogen) atoms. The van der Waals surface area contributed by atoms with Crippen molar-refractivity contribution in [3.8, 4) is 5.75 Å². The smallest absolute Gasteiger partial charge is 0.308 e. The second-order valence-corrected chi connectivity index (χ2v) is 8.20. The zero-order valence-electron chi connectivity index (χ0n) is 14.7. The molecule has 1 aromatic rings. The Labute approximate surface area is 147 Å². The SMILES string of the molecule is COC1(c2ccc(OC(C)=O)cc2)OOC12C1CC3CC(C1)CC2C3. The normalized spacial score (nSPS) is 43.9. The fourth-order valence-electron chi connectivity index (χ4n) is 6.26. The molecule has 134 valence electrons. The third kappa shape index (κ3) is 1.97. The van der Waals surface area contributed by atoms with Crippen LogP contribution in [0.25, 0.3) is 0 Å². The molecule has 1 unspecified atom stereocenters. The molecule has 4 aliphatic carbocycles. The highest BCUT2D eigenvalue weighted by Gasteiger charge is 2.76. The van der Waals surface area contributed by atoms with Gasteiger partial charge in [0.1, 0.15) is 5.75 Å². The largest absolute Gasteiger partial charge is 0.427 e. The maximum Gasteiger partial charge on any atom is 0.308 e. The molecule has 4 saturated carbocycles. The highest BCUT2D eigenvalue weighted by atomic mass is 17.3. The number of benzene rings is 1. The van der Waals surface area contributed by atoms with Gasteiger partial charge in [-0.05, 0) is 80.0 Å². The third-order valence-electron chi connectivity index (χ3n) is 6.95. The number of carbonyl (C=O) groups excluding carboxylic acids is 1. The molecule has 5 fully saturated rings. The summed E-state index contributed by atoms with van der Waals surface area (Å²) in [5, 5.41) is 0. The van der Waals surface area contributed by atoms with E-state index < -0.39 is 5.79 Å². The van der Waals surface area contributed by atoms with Crippen molar-refractivity contribution in [1.82, 2.24) is 0 Å². The van der Waals surface area contributed by atoms with Crippen molar-refractivity contribution in [1.29, 1.82) is 0 Å². The summed E-state index contributed by atoms with van der Waals surface area (Å²) in [5.74, 6) is 2.02. The lowest BCUT2D eigenvalue weighted by Crippen LogP contribution is -2.76. The second-order valence-electron chi connectivity index (χ2n) is 8.20. The van der Waals surface area contributed by atoms with Crippen molar-refractivity contribution in [2.24, 2.45) is 23.7 Å². The van der Waals surface area contributed by atoms with Gasteiger partial charge in [-0.1, -0.05) is 0 Å². The van der Waals surface area contributed by atoms with E-state index in [4.69, 9.17) is 19.2 Å². The predicted octanol–water partition coefficient (Wildman–Crippen LogP) is 3.57. The summed E-state index contributed by atoms with van der Waals surface area (Å²) in [7, 11) is 1.70. The van der Waals surface area contributed by atoms with Gasteiger partial charge in [0, 0.05) is 19.6 Å². The number of rotatable bonds is 3. The van der Waals surface area contributed by atoms with E-state index in [2.05, 4.69) is 0 Å². The molecule has 5 nitrogen and oxygen atoms in total. The minimum absolute atomic E-state index is 0.324. The van der Waals surface area contributed by atoms with Gasteiger partial charge in [0.05, 0.1) is 0 Å². The fourth-order valence-corrected chi connectivity index (χ4v) is 6.26. The van der Waals surface area contributed by atoms with Crippen LogP contribution in [0.3, 0.4) is 0 Å². The molecule has 5 heteroatoms. The van der Waals surface area contributed by atoms with Gasteiger partial charge in [-0.25, -0.2) is 4.89 Å². The average molecular weight is 344 g/mol. The van der Waals surface area contributed by atoms with Gasteiger partial charge in [-0.2, -0.15) is 4.89 Å². The van der Waals surface area contributed by atoms with Crippen molar-refractivity contribution >= 4 is 5.97 Å². The first kappa shape index (κ1) is 15.8. The molecule has 1 aliphatic heterocycles. The summed E-state index contributed by atoms with van der Waals surface area (Å²) in [5.41, 5.74) is 0.558. The molecule has 0 radical (unpaired) electrons. The molecule has 1 saturated heterocycles. The second kappa shape index (κ2) is 5.29. The van der Waals surface area contributed by atoms with Gasteiger partial charge < -0.3 is 9.47 Å². The van der Waals surface area contributed by atoms with Crippen molar-refractivity contribution in [3.63, 3.8) is 0 Å². The van der Waals surface area contributed by atoms with Crippen LogP contribution in [-0.4, -0.2) is 18.7 Å². The molecule has 0 amide bonds. The molecular weight excluding hydrogens is 320 g/mol. The van der Waals surface area contributed by atoms with E-state index in [9.17, 15) is 4.79 Å². The summed E-state index contributed by atoms with van der Waals surface area (Å²) < 4.78 is 11.2. The summed E-state index contributed by atoms with van der Waals surface area (Å²) in [6.45, 7) is 1.40. The first-order valence-corrected chi connectivity index (χ1v) is 9.28. The third-order valence-corrected chi connectivity index (χ3v) is 6.95. The Kier molecular flexibility index (Phi) is 3.34. The number of methoxy groups -OCH3 is 1. The first-order chi connectivity index (χ1) is 12.1. The molecule has 0 aromatic heterocycles. The van der Waals surface area contributed by atoms with Crippen LogP contribution in [0.2, 0.25) is 0 Å². The van der Waals surface area contributed by atoms with Crippen molar-refractivity contribution in [2.45, 2.75) is 50.4 Å². The average Bonchev–Trinajstić information content (AvgIpc) is 2.55. The Balaban J connectivity index is 1.51. The topological polar surface area (TPSA) is 54.0 Å². The van der Waals surface area contributed by atoms with E-state index in [0.717, 1.165) is 17.4 Å². The lowest BCUT2D eigenvalue weighted by atomic mass is 9.47. The monoisotopic (exact) mass is 344 g/mol. The zero-order chi connectivity index (χ0) is 17.2. The van der Waals surface area contributed by atoms with Crippen LogP contribution in [0.15, 0.2) is 24.3 Å². The highest BCUT2D eigenvalue weighted by molar-refractivity contribution is 5.69. The molecule has 1 spiro atoms. The van der Waals surface area contributed by atoms with Crippen LogP contribution in [0.1, 0.15) is 44.6 Å². The van der Waals surface area contributed by atoms with Crippen LogP contribution in [0.5, 0.6) is 5.75 Å². The van der Waals surface area contributed by atoms with Crippen LogP contribution in [0, 0.1) is 23.7 Å². The Morgan fingerprint density at radius 3 is 2.04 bits per heavy atom. The van der Waals surface area contributed by atoms with Crippen LogP contribution >= 0.6 is 0 Å². The molecule has 6 rings (SSSR count). The van der Waals surface area contributed by atoms with Crippen molar-refractivity contribution in [2.75, 3.05) is 7.11 Å². The summed E-state index contributed by atoms with van der Waals surface area (Å²) in [6, 6.07) is 7.44. The summed E-state index contributed by atoms with van der Waals surface area (Å²) in [6.07, 6.45) is 6.25. The van der Waals surface area contributed by atoms with E-state index in [-0.39, 0.29) is 11.6 Å². The van der Waals surface area contributed by atoms with E-state index in [0.29, 0.717) is 17.6 Å². The Hall–Kier alpha value is -1.43. The van der Waals surface area contributed by atoms with E-state index >= 15 is 0 Å². The van der Waals surface area contributed by atoms with Crippen LogP contribution in [-0.2, 0) is 25.1 Å². The lowest BCUT2D eigenvalue weighted by Gasteiger charge is -2.68. The number of esters is 1.